The summed E-state index contributed by atoms with van der Waals surface area (Å²) in [6.45, 7) is 14.2. The molecule has 0 saturated carbocycles. The van der Waals surface area contributed by atoms with Gasteiger partial charge in [-0.2, -0.15) is 0 Å². The molecule has 1 spiro atoms. The number of carbonyl (C=O) groups is 1. The summed E-state index contributed by atoms with van der Waals surface area (Å²) in [5.74, 6) is -1.77. The number of aliphatic hydroxyl groups is 2. The molecule has 0 amide bonds. The Kier molecular flexibility index (Phi) is 9.77. The molecule has 43 heavy (non-hydrogen) atoms. The fourth-order valence-electron chi connectivity index (χ4n) is 7.62. The van der Waals surface area contributed by atoms with Crippen molar-refractivity contribution in [1.82, 2.24) is 0 Å². The van der Waals surface area contributed by atoms with Gasteiger partial charge in [0.05, 0.1) is 18.3 Å². The van der Waals surface area contributed by atoms with Gasteiger partial charge >= 0.3 is 5.97 Å². The summed E-state index contributed by atoms with van der Waals surface area (Å²) in [6, 6.07) is 0. The third kappa shape index (κ3) is 6.61. The van der Waals surface area contributed by atoms with Gasteiger partial charge in [0.25, 0.3) is 0 Å². The largest absolute Gasteiger partial charge is 0.462 e. The number of ether oxygens (including phenoxy) is 5. The predicted octanol–water partition coefficient (Wildman–Crippen LogP) is 5.68. The SMILES string of the molecule is CC[C@H]1O[C@]2(CC[C@@H]1C)C[C@@H]1C[C@@H](C/C=C(/C)C[C@@H](C)/C=C\C=C3[C@@H](OC(C)C)O[C@@H]4[C@H](O)C(C)=C[C@@H](C(=O)O1)[C@]34O)O2. The summed E-state index contributed by atoms with van der Waals surface area (Å²) in [7, 11) is 0. The average Bonchev–Trinajstić information content (AvgIpc) is 3.21. The molecule has 0 radical (unpaired) electrons. The normalized spacial score (nSPS) is 46.0. The van der Waals surface area contributed by atoms with Crippen LogP contribution in [0.1, 0.15) is 93.4 Å². The van der Waals surface area contributed by atoms with Crippen molar-refractivity contribution in [2.75, 3.05) is 0 Å². The second-order valence-electron chi connectivity index (χ2n) is 13.9. The predicted molar refractivity (Wildman–Crippen MR) is 163 cm³/mol. The Balaban J connectivity index is 1.55. The maximum absolute atomic E-state index is 14.2. The molecule has 240 valence electrons. The number of rotatable bonds is 3. The first kappa shape index (κ1) is 32.6. The van der Waals surface area contributed by atoms with Gasteiger partial charge in [-0.1, -0.05) is 56.7 Å². The van der Waals surface area contributed by atoms with Crippen molar-refractivity contribution >= 4 is 5.97 Å². The first-order valence-corrected chi connectivity index (χ1v) is 16.4. The molecule has 2 bridgehead atoms. The van der Waals surface area contributed by atoms with Gasteiger partial charge in [-0.15, -0.1) is 0 Å². The quantitative estimate of drug-likeness (QED) is 0.315. The Labute approximate surface area is 257 Å². The number of fused-ring (bicyclic) bond motifs is 2. The van der Waals surface area contributed by atoms with E-state index in [0.29, 0.717) is 36.3 Å². The molecule has 1 aliphatic carbocycles. The van der Waals surface area contributed by atoms with Gasteiger partial charge in [-0.25, -0.2) is 0 Å². The van der Waals surface area contributed by atoms with Crippen LogP contribution in [0.5, 0.6) is 0 Å². The zero-order chi connectivity index (χ0) is 31.1. The second-order valence-corrected chi connectivity index (χ2v) is 13.9. The van der Waals surface area contributed by atoms with Gasteiger partial charge in [0.15, 0.2) is 12.1 Å². The smallest absolute Gasteiger partial charge is 0.316 e. The number of hydrogen-bond acceptors (Lipinski definition) is 8. The van der Waals surface area contributed by atoms with Gasteiger partial charge in [-0.3, -0.25) is 4.79 Å². The molecule has 4 heterocycles. The molecule has 4 aliphatic heterocycles. The maximum Gasteiger partial charge on any atom is 0.316 e. The van der Waals surface area contributed by atoms with Crippen LogP contribution in [0.4, 0.5) is 0 Å². The van der Waals surface area contributed by atoms with Crippen molar-refractivity contribution in [2.45, 2.75) is 148 Å². The third-order valence-corrected chi connectivity index (χ3v) is 9.93. The van der Waals surface area contributed by atoms with Gasteiger partial charge in [0.2, 0.25) is 0 Å². The Hall–Kier alpha value is -1.81. The summed E-state index contributed by atoms with van der Waals surface area (Å²) in [5, 5.41) is 23.6. The number of allylic oxidation sites excluding steroid dienone is 4. The van der Waals surface area contributed by atoms with Gasteiger partial charge in [0.1, 0.15) is 29.8 Å². The molecule has 3 saturated heterocycles. The molecule has 0 aromatic carbocycles. The summed E-state index contributed by atoms with van der Waals surface area (Å²) in [4.78, 5) is 14.2. The zero-order valence-corrected chi connectivity index (χ0v) is 27.0. The van der Waals surface area contributed by atoms with Crippen molar-refractivity contribution in [3.05, 3.63) is 47.1 Å². The first-order chi connectivity index (χ1) is 20.3. The lowest BCUT2D eigenvalue weighted by Crippen LogP contribution is -2.58. The van der Waals surface area contributed by atoms with Crippen molar-refractivity contribution in [2.24, 2.45) is 17.8 Å². The lowest BCUT2D eigenvalue weighted by atomic mass is 9.70. The van der Waals surface area contributed by atoms with E-state index < -0.39 is 47.9 Å². The van der Waals surface area contributed by atoms with E-state index >= 15 is 0 Å². The minimum absolute atomic E-state index is 0.0831. The number of carbonyl (C=O) groups excluding carboxylic acids is 1. The second kappa shape index (κ2) is 12.9. The summed E-state index contributed by atoms with van der Waals surface area (Å²) >= 11 is 0. The van der Waals surface area contributed by atoms with Crippen LogP contribution >= 0.6 is 0 Å². The van der Waals surface area contributed by atoms with E-state index in [-0.39, 0.29) is 24.2 Å². The standard InChI is InChI=1S/C35H52O8/c1-8-29-23(6)14-15-34(43-29)19-26-18-25(42-34)13-12-22(5)16-21(4)10-9-11-27-33(39-20(2)3)41-31-30(36)24(7)17-28(32(37)40-26)35(27,31)38/h9-12,17,20-21,23,25-26,28-31,33,36,38H,8,13-16,18-19H2,1-7H3/b10-9-,22-12-,27-11?/t21-,23-,25+,26-,28-,29+,30+,31+,33-,34+,35+/m0/s1. The van der Waals surface area contributed by atoms with E-state index in [4.69, 9.17) is 23.7 Å². The molecule has 11 atom stereocenters. The highest BCUT2D eigenvalue weighted by Crippen LogP contribution is 2.49. The van der Waals surface area contributed by atoms with Crippen molar-refractivity contribution < 1.29 is 38.7 Å². The van der Waals surface area contributed by atoms with Crippen molar-refractivity contribution in [1.29, 1.82) is 0 Å². The molecule has 8 nitrogen and oxygen atoms in total. The van der Waals surface area contributed by atoms with Crippen molar-refractivity contribution in [3.8, 4) is 0 Å². The lowest BCUT2D eigenvalue weighted by Gasteiger charge is -2.50. The summed E-state index contributed by atoms with van der Waals surface area (Å²) in [5.41, 5.74) is 0.383. The highest BCUT2D eigenvalue weighted by Gasteiger charge is 2.63. The summed E-state index contributed by atoms with van der Waals surface area (Å²) < 4.78 is 32.0. The Bertz CT molecular complexity index is 1150. The highest BCUT2D eigenvalue weighted by atomic mass is 16.7. The van der Waals surface area contributed by atoms with Crippen LogP contribution in [0.25, 0.3) is 0 Å². The molecule has 0 unspecified atom stereocenters. The molecular weight excluding hydrogens is 548 g/mol. The topological polar surface area (TPSA) is 104 Å². The van der Waals surface area contributed by atoms with E-state index in [2.05, 4.69) is 39.8 Å². The van der Waals surface area contributed by atoms with E-state index in [1.165, 1.54) is 5.57 Å². The fourth-order valence-corrected chi connectivity index (χ4v) is 7.62. The Morgan fingerprint density at radius 3 is 2.65 bits per heavy atom. The average molecular weight is 601 g/mol. The Morgan fingerprint density at radius 1 is 1.16 bits per heavy atom. The van der Waals surface area contributed by atoms with E-state index in [0.717, 1.165) is 25.7 Å². The maximum atomic E-state index is 14.2. The van der Waals surface area contributed by atoms with Gasteiger partial charge in [-0.05, 0) is 70.8 Å². The van der Waals surface area contributed by atoms with Crippen molar-refractivity contribution in [3.63, 3.8) is 0 Å². The molecule has 2 N–H and O–H groups in total. The van der Waals surface area contributed by atoms with Gasteiger partial charge in [0, 0.05) is 24.8 Å². The molecule has 0 aromatic heterocycles. The minimum Gasteiger partial charge on any atom is -0.462 e. The monoisotopic (exact) mass is 600 g/mol. The first-order valence-electron chi connectivity index (χ1n) is 16.4. The number of hydrogen-bond donors (Lipinski definition) is 2. The molecule has 5 rings (SSSR count). The van der Waals surface area contributed by atoms with Crippen LogP contribution in [-0.2, 0) is 28.5 Å². The molecule has 3 fully saturated rings. The Morgan fingerprint density at radius 2 is 1.93 bits per heavy atom. The summed E-state index contributed by atoms with van der Waals surface area (Å²) in [6.07, 6.45) is 11.0. The molecule has 0 aromatic rings. The molecular formula is C35H52O8. The molecule has 8 heteroatoms. The third-order valence-electron chi connectivity index (χ3n) is 9.93. The van der Waals surface area contributed by atoms with Crippen LogP contribution < -0.4 is 0 Å². The highest BCUT2D eigenvalue weighted by molar-refractivity contribution is 5.78. The number of aliphatic hydroxyl groups excluding tert-OH is 1. The van der Waals surface area contributed by atoms with Crippen LogP contribution in [0.2, 0.25) is 0 Å². The van der Waals surface area contributed by atoms with E-state index in [1.807, 2.05) is 19.9 Å². The van der Waals surface area contributed by atoms with Crippen LogP contribution in [0.15, 0.2) is 47.1 Å². The van der Waals surface area contributed by atoms with Crippen LogP contribution in [-0.4, -0.2) is 70.5 Å². The minimum atomic E-state index is -1.84. The molecule has 5 aliphatic rings. The zero-order valence-electron chi connectivity index (χ0n) is 27.0. The van der Waals surface area contributed by atoms with Crippen LogP contribution in [0.3, 0.4) is 0 Å². The van der Waals surface area contributed by atoms with E-state index in [9.17, 15) is 15.0 Å². The lowest BCUT2D eigenvalue weighted by molar-refractivity contribution is -0.335. The van der Waals surface area contributed by atoms with Crippen LogP contribution in [0, 0.1) is 17.8 Å². The van der Waals surface area contributed by atoms with E-state index in [1.54, 1.807) is 19.1 Å². The van der Waals surface area contributed by atoms with Gasteiger partial charge < -0.3 is 33.9 Å². The number of esters is 1. The fraction of sp³-hybridized carbons (Fsp3) is 0.743.